The maximum absolute atomic E-state index is 15.3. The lowest BCUT2D eigenvalue weighted by molar-refractivity contribution is 0.269. The number of hydrogen-bond donors (Lipinski definition) is 0. The van der Waals surface area contributed by atoms with Crippen LogP contribution in [0, 0.1) is 24.6 Å². The lowest BCUT2D eigenvalue weighted by Gasteiger charge is -2.19. The van der Waals surface area contributed by atoms with Gasteiger partial charge in [0.15, 0.2) is 9.84 Å². The van der Waals surface area contributed by atoms with Crippen molar-refractivity contribution in [2.24, 2.45) is 18.9 Å². The lowest BCUT2D eigenvalue weighted by atomic mass is 10.0. The SMILES string of the molecule is Cc1cc(-c2ccc(CN3C[C@H]4CN(C)C[C@H]4C3)c(F)c2)cc2c1nc(-c1ccc(S(C)(=O)=O)cc1)n2C. The first-order valence-electron chi connectivity index (χ1n) is 13.0. The zero-order chi connectivity index (χ0) is 26.8. The summed E-state index contributed by atoms with van der Waals surface area (Å²) in [7, 11) is 0.874. The molecule has 2 aliphatic heterocycles. The number of aromatic nitrogens is 2. The Morgan fingerprint density at radius 2 is 1.55 bits per heavy atom. The van der Waals surface area contributed by atoms with Gasteiger partial charge in [0.2, 0.25) is 0 Å². The first-order chi connectivity index (χ1) is 18.1. The topological polar surface area (TPSA) is 58.4 Å². The number of imidazole rings is 1. The zero-order valence-corrected chi connectivity index (χ0v) is 23.1. The van der Waals surface area contributed by atoms with Crippen LogP contribution in [0.2, 0.25) is 0 Å². The van der Waals surface area contributed by atoms with Crippen LogP contribution in [0.15, 0.2) is 59.5 Å². The van der Waals surface area contributed by atoms with Gasteiger partial charge >= 0.3 is 0 Å². The summed E-state index contributed by atoms with van der Waals surface area (Å²) in [6.45, 7) is 7.06. The molecule has 4 aromatic rings. The molecule has 2 saturated heterocycles. The lowest BCUT2D eigenvalue weighted by Crippen LogP contribution is -2.26. The molecule has 2 aliphatic rings. The van der Waals surface area contributed by atoms with E-state index in [4.69, 9.17) is 4.98 Å². The second-order valence-corrected chi connectivity index (χ2v) is 13.2. The van der Waals surface area contributed by atoms with Crippen molar-refractivity contribution in [1.82, 2.24) is 19.4 Å². The van der Waals surface area contributed by atoms with Gasteiger partial charge in [0.1, 0.15) is 11.6 Å². The molecule has 2 atom stereocenters. The fourth-order valence-electron chi connectivity index (χ4n) is 6.28. The molecule has 0 N–H and O–H groups in total. The van der Waals surface area contributed by atoms with E-state index >= 15 is 4.39 Å². The van der Waals surface area contributed by atoms with Gasteiger partial charge in [-0.25, -0.2) is 17.8 Å². The van der Waals surface area contributed by atoms with Gasteiger partial charge in [-0.1, -0.05) is 12.1 Å². The van der Waals surface area contributed by atoms with E-state index in [9.17, 15) is 8.42 Å². The fraction of sp³-hybridized carbons (Fsp3) is 0.367. The number of aryl methyl sites for hydroxylation is 2. The van der Waals surface area contributed by atoms with Crippen LogP contribution in [0.25, 0.3) is 33.5 Å². The Kier molecular flexibility index (Phi) is 6.17. The molecule has 0 spiro atoms. The number of hydrogen-bond acceptors (Lipinski definition) is 5. The molecule has 0 aliphatic carbocycles. The summed E-state index contributed by atoms with van der Waals surface area (Å²) >= 11 is 0. The van der Waals surface area contributed by atoms with Gasteiger partial charge in [0, 0.05) is 57.2 Å². The molecule has 3 aromatic carbocycles. The molecule has 2 fully saturated rings. The third kappa shape index (κ3) is 4.55. The van der Waals surface area contributed by atoms with Crippen molar-refractivity contribution in [2.75, 3.05) is 39.5 Å². The van der Waals surface area contributed by atoms with Gasteiger partial charge < -0.3 is 9.47 Å². The smallest absolute Gasteiger partial charge is 0.175 e. The Balaban J connectivity index is 1.27. The molecule has 6 rings (SSSR count). The minimum atomic E-state index is -3.26. The minimum Gasteiger partial charge on any atom is -0.327 e. The van der Waals surface area contributed by atoms with Crippen LogP contribution in [0.5, 0.6) is 0 Å². The van der Waals surface area contributed by atoms with Crippen LogP contribution in [0.1, 0.15) is 11.1 Å². The highest BCUT2D eigenvalue weighted by molar-refractivity contribution is 7.90. The Bertz CT molecular complexity index is 1630. The molecule has 8 heteroatoms. The maximum atomic E-state index is 15.3. The highest BCUT2D eigenvalue weighted by Gasteiger charge is 2.38. The number of sulfone groups is 1. The number of nitrogens with zero attached hydrogens (tertiary/aromatic N) is 4. The average Bonchev–Trinajstić information content (AvgIpc) is 3.51. The number of likely N-dealkylation sites (tertiary alicyclic amines) is 2. The molecule has 3 heterocycles. The molecular weight excluding hydrogens is 499 g/mol. The van der Waals surface area contributed by atoms with Crippen LogP contribution < -0.4 is 0 Å². The summed E-state index contributed by atoms with van der Waals surface area (Å²) in [5.74, 6) is 2.01. The van der Waals surface area contributed by atoms with Gasteiger partial charge in [-0.3, -0.25) is 4.90 Å². The molecule has 0 radical (unpaired) electrons. The van der Waals surface area contributed by atoms with Crippen LogP contribution in [-0.2, 0) is 23.4 Å². The fourth-order valence-corrected chi connectivity index (χ4v) is 6.91. The maximum Gasteiger partial charge on any atom is 0.175 e. The highest BCUT2D eigenvalue weighted by atomic mass is 32.2. The van der Waals surface area contributed by atoms with Gasteiger partial charge in [-0.15, -0.1) is 0 Å². The quantitative estimate of drug-likeness (QED) is 0.371. The van der Waals surface area contributed by atoms with Gasteiger partial charge in [0.25, 0.3) is 0 Å². The van der Waals surface area contributed by atoms with Crippen molar-refractivity contribution in [2.45, 2.75) is 18.4 Å². The molecule has 0 amide bonds. The van der Waals surface area contributed by atoms with E-state index in [0.29, 0.717) is 18.4 Å². The van der Waals surface area contributed by atoms with E-state index in [1.54, 1.807) is 30.3 Å². The Labute approximate surface area is 223 Å². The van der Waals surface area contributed by atoms with E-state index in [0.717, 1.165) is 70.9 Å². The zero-order valence-electron chi connectivity index (χ0n) is 22.3. The first kappa shape index (κ1) is 25.2. The van der Waals surface area contributed by atoms with E-state index in [-0.39, 0.29) is 10.7 Å². The van der Waals surface area contributed by atoms with Crippen LogP contribution in [0.4, 0.5) is 4.39 Å². The molecule has 0 bridgehead atoms. The second kappa shape index (κ2) is 9.29. The molecule has 0 unspecified atom stereocenters. The van der Waals surface area contributed by atoms with E-state index in [1.165, 1.54) is 6.26 Å². The summed E-state index contributed by atoms with van der Waals surface area (Å²) in [4.78, 5) is 9.94. The van der Waals surface area contributed by atoms with E-state index in [2.05, 4.69) is 29.0 Å². The predicted molar refractivity (Wildman–Crippen MR) is 149 cm³/mol. The molecular formula is C30H33FN4O2S. The summed E-state index contributed by atoms with van der Waals surface area (Å²) in [5, 5.41) is 0. The largest absolute Gasteiger partial charge is 0.327 e. The normalized spacial score (nSPS) is 20.4. The highest BCUT2D eigenvalue weighted by Crippen LogP contribution is 2.34. The monoisotopic (exact) mass is 532 g/mol. The molecule has 1 aromatic heterocycles. The number of fused-ring (bicyclic) bond motifs is 2. The van der Waals surface area contributed by atoms with Crippen LogP contribution >= 0.6 is 0 Å². The third-order valence-electron chi connectivity index (χ3n) is 8.24. The van der Waals surface area contributed by atoms with Crippen LogP contribution in [0.3, 0.4) is 0 Å². The summed E-state index contributed by atoms with van der Waals surface area (Å²) < 4.78 is 41.0. The minimum absolute atomic E-state index is 0.161. The van der Waals surface area contributed by atoms with Crippen molar-refractivity contribution >= 4 is 20.9 Å². The molecule has 38 heavy (non-hydrogen) atoms. The molecule has 198 valence electrons. The molecule has 6 nitrogen and oxygen atoms in total. The van der Waals surface area contributed by atoms with Crippen molar-refractivity contribution < 1.29 is 12.8 Å². The first-order valence-corrected chi connectivity index (χ1v) is 14.9. The van der Waals surface area contributed by atoms with E-state index < -0.39 is 9.84 Å². The number of benzene rings is 3. The Morgan fingerprint density at radius 3 is 2.18 bits per heavy atom. The summed E-state index contributed by atoms with van der Waals surface area (Å²) in [6.07, 6.45) is 1.20. The third-order valence-corrected chi connectivity index (χ3v) is 9.37. The van der Waals surface area contributed by atoms with Gasteiger partial charge in [0.05, 0.1) is 15.9 Å². The van der Waals surface area contributed by atoms with Crippen molar-refractivity contribution in [3.8, 4) is 22.5 Å². The Morgan fingerprint density at radius 1 is 0.895 bits per heavy atom. The predicted octanol–water partition coefficient (Wildman–Crippen LogP) is 4.75. The van der Waals surface area contributed by atoms with Crippen molar-refractivity contribution in [3.05, 3.63) is 71.5 Å². The summed E-state index contributed by atoms with van der Waals surface area (Å²) in [5.41, 5.74) is 6.20. The Hall–Kier alpha value is -3.07. The number of rotatable bonds is 5. The van der Waals surface area contributed by atoms with Gasteiger partial charge in [-0.05, 0) is 85.0 Å². The molecule has 0 saturated carbocycles. The van der Waals surface area contributed by atoms with Crippen LogP contribution in [-0.4, -0.2) is 67.3 Å². The van der Waals surface area contributed by atoms with Gasteiger partial charge in [-0.2, -0.15) is 0 Å². The average molecular weight is 533 g/mol. The van der Waals surface area contributed by atoms with Crippen molar-refractivity contribution in [3.63, 3.8) is 0 Å². The van der Waals surface area contributed by atoms with Crippen molar-refractivity contribution in [1.29, 1.82) is 0 Å². The summed E-state index contributed by atoms with van der Waals surface area (Å²) in [6, 6.07) is 16.5. The van der Waals surface area contributed by atoms with E-state index in [1.807, 2.05) is 30.7 Å². The second-order valence-electron chi connectivity index (χ2n) is 11.2. The standard InChI is InChI=1S/C30H33FN4O2S/c1-19-11-23(13-28-29(19)32-30(34(28)3)20-7-9-26(10-8-20)38(4,36)37)21-5-6-22(27(31)12-21)16-35-17-24-14-33(2)15-25(24)18-35/h5-13,24-25H,14-18H2,1-4H3/t24-,25+. The number of halogens is 1.